The van der Waals surface area contributed by atoms with Gasteiger partial charge >= 0.3 is 11.9 Å². The number of anilines is 1. The number of nitrogens with one attached hydrogen (secondary N) is 1. The Hall–Kier alpha value is -2.87. The number of amides is 1. The van der Waals surface area contributed by atoms with E-state index in [4.69, 9.17) is 9.47 Å². The molecule has 0 saturated heterocycles. The summed E-state index contributed by atoms with van der Waals surface area (Å²) in [5, 5.41) is 12.8. The predicted octanol–water partition coefficient (Wildman–Crippen LogP) is 4.74. The molecule has 2 N–H and O–H groups in total. The van der Waals surface area contributed by atoms with Gasteiger partial charge in [-0.3, -0.25) is 9.59 Å². The van der Waals surface area contributed by atoms with Gasteiger partial charge in [0.05, 0.1) is 25.6 Å². The maximum atomic E-state index is 13.0. The summed E-state index contributed by atoms with van der Waals surface area (Å²) in [6.07, 6.45) is 2.62. The minimum atomic E-state index is -0.952. The summed E-state index contributed by atoms with van der Waals surface area (Å²) in [6.45, 7) is 3.80. The van der Waals surface area contributed by atoms with Gasteiger partial charge in [-0.1, -0.05) is 25.0 Å². The number of esters is 1. The molecule has 1 fully saturated rings. The highest BCUT2D eigenvalue weighted by Crippen LogP contribution is 2.41. The molecule has 0 spiro atoms. The second-order valence-corrected chi connectivity index (χ2v) is 8.74. The molecule has 1 amide bonds. The molecule has 2 atom stereocenters. The van der Waals surface area contributed by atoms with Crippen LogP contribution in [0.15, 0.2) is 24.3 Å². The average Bonchev–Trinajstić information content (AvgIpc) is 3.09. The molecule has 1 heterocycles. The molecule has 0 bridgehead atoms. The van der Waals surface area contributed by atoms with Gasteiger partial charge in [0.15, 0.2) is 0 Å². The van der Waals surface area contributed by atoms with Crippen LogP contribution in [0.4, 0.5) is 5.00 Å². The van der Waals surface area contributed by atoms with Crippen molar-refractivity contribution in [1.29, 1.82) is 0 Å². The van der Waals surface area contributed by atoms with Gasteiger partial charge in [-0.05, 0) is 44.4 Å². The van der Waals surface area contributed by atoms with Gasteiger partial charge in [0.2, 0.25) is 5.91 Å². The number of rotatable bonds is 7. The van der Waals surface area contributed by atoms with Gasteiger partial charge in [0, 0.05) is 10.4 Å². The van der Waals surface area contributed by atoms with Gasteiger partial charge in [0.25, 0.3) is 0 Å². The molecule has 2 unspecified atom stereocenters. The number of carboxylic acids is 1. The van der Waals surface area contributed by atoms with Crippen LogP contribution in [-0.4, -0.2) is 36.7 Å². The van der Waals surface area contributed by atoms with Gasteiger partial charge in [0.1, 0.15) is 16.3 Å². The highest BCUT2D eigenvalue weighted by Gasteiger charge is 2.37. The number of carbonyl (C=O) groups is 3. The smallest absolute Gasteiger partial charge is 0.341 e. The summed E-state index contributed by atoms with van der Waals surface area (Å²) in [4.78, 5) is 38.3. The fraction of sp³-hybridized carbons (Fsp3) is 0.435. The Morgan fingerprint density at radius 1 is 1.13 bits per heavy atom. The quantitative estimate of drug-likeness (QED) is 0.597. The summed E-state index contributed by atoms with van der Waals surface area (Å²) < 4.78 is 10.5. The number of hydrogen-bond donors (Lipinski definition) is 2. The molecule has 1 aromatic carbocycles. The third kappa shape index (κ3) is 4.90. The lowest BCUT2D eigenvalue weighted by atomic mass is 9.78. The molecule has 1 aromatic heterocycles. The molecule has 166 valence electrons. The molecule has 2 aromatic rings. The second-order valence-electron chi connectivity index (χ2n) is 7.51. The number of ether oxygens (including phenoxy) is 2. The van der Waals surface area contributed by atoms with Gasteiger partial charge < -0.3 is 19.9 Å². The number of thiophene rings is 1. The average molecular weight is 446 g/mol. The predicted molar refractivity (Wildman–Crippen MR) is 119 cm³/mol. The highest BCUT2D eigenvalue weighted by atomic mass is 32.1. The van der Waals surface area contributed by atoms with E-state index in [1.807, 2.05) is 19.1 Å². The Morgan fingerprint density at radius 3 is 2.35 bits per heavy atom. The first-order chi connectivity index (χ1) is 14.9. The Labute approximate surface area is 185 Å². The van der Waals surface area contributed by atoms with Crippen LogP contribution in [0.25, 0.3) is 11.1 Å². The minimum Gasteiger partial charge on any atom is -0.497 e. The standard InChI is InChI=1S/C23H27NO6S/c1-4-30-23(28)19-18(14-9-11-15(29-3)12-10-14)13(2)31-21(19)24-20(25)16-7-5-6-8-17(16)22(26)27/h9-12,16-17H,4-8H2,1-3H3,(H,24,25)(H,26,27). The molecule has 3 rings (SSSR count). The van der Waals surface area contributed by atoms with Crippen LogP contribution in [0.5, 0.6) is 5.75 Å². The van der Waals surface area contributed by atoms with Gasteiger partial charge in [-0.25, -0.2) is 4.79 Å². The lowest BCUT2D eigenvalue weighted by Crippen LogP contribution is -2.36. The summed E-state index contributed by atoms with van der Waals surface area (Å²) in [6, 6.07) is 7.31. The first-order valence-corrected chi connectivity index (χ1v) is 11.2. The van der Waals surface area contributed by atoms with Crippen LogP contribution in [-0.2, 0) is 14.3 Å². The Balaban J connectivity index is 1.98. The minimum absolute atomic E-state index is 0.201. The summed E-state index contributed by atoms with van der Waals surface area (Å²) in [5.41, 5.74) is 1.80. The maximum absolute atomic E-state index is 13.0. The van der Waals surface area contributed by atoms with E-state index in [1.165, 1.54) is 11.3 Å². The third-order valence-corrected chi connectivity index (χ3v) is 6.62. The zero-order chi connectivity index (χ0) is 22.5. The van der Waals surface area contributed by atoms with Crippen LogP contribution in [0.2, 0.25) is 0 Å². The molecule has 31 heavy (non-hydrogen) atoms. The van der Waals surface area contributed by atoms with Crippen molar-refractivity contribution in [2.45, 2.75) is 39.5 Å². The molecular weight excluding hydrogens is 418 g/mol. The molecule has 0 radical (unpaired) electrons. The van der Waals surface area contributed by atoms with E-state index in [9.17, 15) is 19.5 Å². The van der Waals surface area contributed by atoms with E-state index >= 15 is 0 Å². The van der Waals surface area contributed by atoms with E-state index in [2.05, 4.69) is 5.32 Å². The Kier molecular flexibility index (Phi) is 7.33. The van der Waals surface area contributed by atoms with E-state index in [0.717, 1.165) is 23.3 Å². The van der Waals surface area contributed by atoms with E-state index in [1.54, 1.807) is 26.2 Å². The Bertz CT molecular complexity index is 965. The molecule has 1 aliphatic carbocycles. The molecule has 1 saturated carbocycles. The number of aryl methyl sites for hydroxylation is 1. The van der Waals surface area contributed by atoms with Crippen LogP contribution >= 0.6 is 11.3 Å². The number of benzene rings is 1. The number of methoxy groups -OCH3 is 1. The first kappa shape index (κ1) is 22.8. The van der Waals surface area contributed by atoms with Crippen molar-refractivity contribution >= 4 is 34.2 Å². The molecule has 7 nitrogen and oxygen atoms in total. The zero-order valence-corrected chi connectivity index (χ0v) is 18.7. The fourth-order valence-corrected chi connectivity index (χ4v) is 5.15. The van der Waals surface area contributed by atoms with E-state index in [0.29, 0.717) is 34.7 Å². The summed E-state index contributed by atoms with van der Waals surface area (Å²) >= 11 is 1.29. The number of hydrogen-bond acceptors (Lipinski definition) is 6. The van der Waals surface area contributed by atoms with Crippen molar-refractivity contribution in [3.63, 3.8) is 0 Å². The van der Waals surface area contributed by atoms with Crippen molar-refractivity contribution in [3.05, 3.63) is 34.7 Å². The number of carbonyl (C=O) groups excluding carboxylic acids is 2. The monoisotopic (exact) mass is 445 g/mol. The van der Waals surface area contributed by atoms with Crippen LogP contribution in [0.3, 0.4) is 0 Å². The van der Waals surface area contributed by atoms with Crippen molar-refractivity contribution in [2.75, 3.05) is 19.0 Å². The second kappa shape index (κ2) is 9.96. The highest BCUT2D eigenvalue weighted by molar-refractivity contribution is 7.17. The van der Waals surface area contributed by atoms with Gasteiger partial charge in [-0.15, -0.1) is 11.3 Å². The first-order valence-electron chi connectivity index (χ1n) is 10.4. The lowest BCUT2D eigenvalue weighted by molar-refractivity contribution is -0.147. The molecular formula is C23H27NO6S. The van der Waals surface area contributed by atoms with Crippen LogP contribution < -0.4 is 10.1 Å². The lowest BCUT2D eigenvalue weighted by Gasteiger charge is -2.27. The SMILES string of the molecule is CCOC(=O)c1c(NC(=O)C2CCCCC2C(=O)O)sc(C)c1-c1ccc(OC)cc1. The topological polar surface area (TPSA) is 102 Å². The number of carboxylic acid groups (broad SMARTS) is 1. The molecule has 0 aliphatic heterocycles. The van der Waals surface area contributed by atoms with E-state index < -0.39 is 23.8 Å². The molecule has 1 aliphatic rings. The third-order valence-electron chi connectivity index (χ3n) is 5.60. The van der Waals surface area contributed by atoms with Crippen molar-refractivity contribution in [1.82, 2.24) is 0 Å². The molecule has 8 heteroatoms. The van der Waals surface area contributed by atoms with Crippen molar-refractivity contribution in [3.8, 4) is 16.9 Å². The Morgan fingerprint density at radius 2 is 1.77 bits per heavy atom. The zero-order valence-electron chi connectivity index (χ0n) is 17.9. The van der Waals surface area contributed by atoms with Crippen molar-refractivity contribution in [2.24, 2.45) is 11.8 Å². The van der Waals surface area contributed by atoms with Crippen LogP contribution in [0, 0.1) is 18.8 Å². The normalized spacial score (nSPS) is 18.3. The maximum Gasteiger partial charge on any atom is 0.341 e. The largest absolute Gasteiger partial charge is 0.497 e. The fourth-order valence-electron chi connectivity index (χ4n) is 4.08. The summed E-state index contributed by atoms with van der Waals surface area (Å²) in [5.74, 6) is -2.46. The van der Waals surface area contributed by atoms with Crippen molar-refractivity contribution < 1.29 is 29.0 Å². The van der Waals surface area contributed by atoms with Gasteiger partial charge in [-0.2, -0.15) is 0 Å². The van der Waals surface area contributed by atoms with Crippen LogP contribution in [0.1, 0.15) is 47.8 Å². The summed E-state index contributed by atoms with van der Waals surface area (Å²) in [7, 11) is 1.58. The van der Waals surface area contributed by atoms with E-state index in [-0.39, 0.29) is 12.5 Å². The number of aliphatic carboxylic acids is 1.